The maximum atomic E-state index is 13.4. The van der Waals surface area contributed by atoms with Crippen molar-refractivity contribution in [1.29, 1.82) is 0 Å². The van der Waals surface area contributed by atoms with Gasteiger partial charge in [0.05, 0.1) is 18.6 Å². The number of hydrogen-bond donors (Lipinski definition) is 1. The Morgan fingerprint density at radius 1 is 1.06 bits per heavy atom. The summed E-state index contributed by atoms with van der Waals surface area (Å²) in [5.74, 6) is 1.92. The molecule has 0 saturated heterocycles. The van der Waals surface area contributed by atoms with Crippen molar-refractivity contribution in [3.8, 4) is 0 Å². The van der Waals surface area contributed by atoms with Crippen LogP contribution < -0.4 is 10.2 Å². The number of amides is 1. The van der Waals surface area contributed by atoms with Gasteiger partial charge in [-0.3, -0.25) is 14.6 Å². The first kappa shape index (κ1) is 19.4. The maximum Gasteiger partial charge on any atom is 0.267 e. The molecule has 5 rings (SSSR count). The largest absolute Gasteiger partial charge is 0.340 e. The summed E-state index contributed by atoms with van der Waals surface area (Å²) in [7, 11) is 1.78. The van der Waals surface area contributed by atoms with Crippen molar-refractivity contribution >= 4 is 29.2 Å². The normalized spacial score (nSPS) is 16.8. The van der Waals surface area contributed by atoms with E-state index in [0.717, 1.165) is 11.3 Å². The Balaban J connectivity index is 1.64. The van der Waals surface area contributed by atoms with E-state index in [4.69, 9.17) is 10.1 Å². The van der Waals surface area contributed by atoms with Crippen LogP contribution in [0.3, 0.4) is 0 Å². The van der Waals surface area contributed by atoms with E-state index in [1.807, 2.05) is 47.1 Å². The number of nitrogens with one attached hydrogen (secondary N) is 1. The van der Waals surface area contributed by atoms with Crippen LogP contribution in [0.4, 0.5) is 17.3 Å². The van der Waals surface area contributed by atoms with Crippen molar-refractivity contribution in [2.24, 2.45) is 4.99 Å². The van der Waals surface area contributed by atoms with Crippen molar-refractivity contribution in [2.45, 2.75) is 32.9 Å². The summed E-state index contributed by atoms with van der Waals surface area (Å²) in [6.45, 7) is 7.44. The van der Waals surface area contributed by atoms with E-state index in [1.165, 1.54) is 5.56 Å². The van der Waals surface area contributed by atoms with Gasteiger partial charge in [0.25, 0.3) is 5.91 Å². The van der Waals surface area contributed by atoms with E-state index >= 15 is 0 Å². The van der Waals surface area contributed by atoms with Gasteiger partial charge in [-0.25, -0.2) is 9.67 Å². The third-order valence-electron chi connectivity index (χ3n) is 5.69. The molecule has 0 fully saturated rings. The zero-order valence-electron chi connectivity index (χ0n) is 18.3. The van der Waals surface area contributed by atoms with Crippen molar-refractivity contribution in [1.82, 2.24) is 14.7 Å². The maximum absolute atomic E-state index is 13.4. The number of nitrogens with zero attached hydrogens (tertiary/aromatic N) is 5. The molecule has 1 N–H and O–H groups in total. The molecule has 3 aromatic rings. The van der Waals surface area contributed by atoms with Crippen molar-refractivity contribution < 1.29 is 4.79 Å². The molecule has 3 heterocycles. The fraction of sp³-hybridized carbons (Fsp3) is 0.292. The molecule has 0 bridgehead atoms. The minimum atomic E-state index is -0.279. The zero-order valence-corrected chi connectivity index (χ0v) is 18.3. The number of fused-ring (bicyclic) bond motifs is 3. The molecule has 0 radical (unpaired) electrons. The van der Waals surface area contributed by atoms with Crippen LogP contribution in [-0.2, 0) is 6.54 Å². The predicted octanol–water partition coefficient (Wildman–Crippen LogP) is 4.02. The second-order valence-electron chi connectivity index (χ2n) is 8.86. The van der Waals surface area contributed by atoms with E-state index in [1.54, 1.807) is 11.9 Å². The molecule has 2 aromatic carbocycles. The standard InChI is InChI=1S/C24H26N6O/c1-16-10-12-18(13-11-16)25-20-19-21(27-30(20)14-17-8-6-5-7-9-17)29-15-24(2,3)26-23(29)28(4)22(19)31/h5-13,25H,14-15H2,1-4H3. The van der Waals surface area contributed by atoms with Gasteiger partial charge in [0.2, 0.25) is 5.96 Å². The summed E-state index contributed by atoms with van der Waals surface area (Å²) < 4.78 is 1.89. The van der Waals surface area contributed by atoms with E-state index in [0.29, 0.717) is 36.2 Å². The molecule has 31 heavy (non-hydrogen) atoms. The molecule has 0 saturated carbocycles. The topological polar surface area (TPSA) is 65.8 Å². The predicted molar refractivity (Wildman–Crippen MR) is 123 cm³/mol. The molecular formula is C24H26N6O. The van der Waals surface area contributed by atoms with Crippen LogP contribution in [0.1, 0.15) is 35.3 Å². The van der Waals surface area contributed by atoms with Gasteiger partial charge in [0, 0.05) is 12.7 Å². The van der Waals surface area contributed by atoms with Crippen LogP contribution in [0.2, 0.25) is 0 Å². The molecule has 158 valence electrons. The van der Waals surface area contributed by atoms with Crippen LogP contribution >= 0.6 is 0 Å². The summed E-state index contributed by atoms with van der Waals surface area (Å²) in [6.07, 6.45) is 0. The van der Waals surface area contributed by atoms with E-state index in [2.05, 4.69) is 43.1 Å². The average molecular weight is 415 g/mol. The second-order valence-corrected chi connectivity index (χ2v) is 8.86. The van der Waals surface area contributed by atoms with Gasteiger partial charge in [-0.05, 0) is 38.5 Å². The smallest absolute Gasteiger partial charge is 0.267 e. The number of hydrogen-bond acceptors (Lipinski definition) is 5. The Morgan fingerprint density at radius 3 is 2.48 bits per heavy atom. The quantitative estimate of drug-likeness (QED) is 0.700. The monoisotopic (exact) mass is 414 g/mol. The molecular weight excluding hydrogens is 388 g/mol. The Labute approximate surface area is 182 Å². The third kappa shape index (κ3) is 3.36. The molecule has 7 nitrogen and oxygen atoms in total. The summed E-state index contributed by atoms with van der Waals surface area (Å²) in [6, 6.07) is 18.3. The number of carbonyl (C=O) groups excluding carboxylic acids is 1. The molecule has 1 aromatic heterocycles. The molecule has 0 atom stereocenters. The van der Waals surface area contributed by atoms with Gasteiger partial charge < -0.3 is 5.32 Å². The highest BCUT2D eigenvalue weighted by Gasteiger charge is 2.45. The molecule has 0 unspecified atom stereocenters. The number of benzene rings is 2. The first-order chi connectivity index (χ1) is 14.8. The van der Waals surface area contributed by atoms with E-state index in [9.17, 15) is 4.79 Å². The van der Waals surface area contributed by atoms with Gasteiger partial charge in [0.1, 0.15) is 11.4 Å². The lowest BCUT2D eigenvalue weighted by atomic mass is 10.1. The molecule has 0 spiro atoms. The first-order valence-electron chi connectivity index (χ1n) is 10.5. The Morgan fingerprint density at radius 2 is 1.77 bits per heavy atom. The fourth-order valence-corrected chi connectivity index (χ4v) is 4.11. The van der Waals surface area contributed by atoms with Crippen LogP contribution in [0.5, 0.6) is 0 Å². The highest BCUT2D eigenvalue weighted by molar-refractivity contribution is 6.20. The molecule has 2 aliphatic heterocycles. The first-order valence-corrected chi connectivity index (χ1v) is 10.5. The third-order valence-corrected chi connectivity index (χ3v) is 5.69. The molecule has 1 amide bonds. The lowest BCUT2D eigenvalue weighted by Crippen LogP contribution is -2.48. The summed E-state index contributed by atoms with van der Waals surface area (Å²) >= 11 is 0. The SMILES string of the molecule is Cc1ccc(Nc2c3c(nn2Cc2ccccc2)N2CC(C)(C)N=C2N(C)C3=O)cc1. The van der Waals surface area contributed by atoms with Gasteiger partial charge in [0.15, 0.2) is 5.82 Å². The second kappa shape index (κ2) is 6.97. The average Bonchev–Trinajstić information content (AvgIpc) is 3.26. The molecule has 7 heteroatoms. The summed E-state index contributed by atoms with van der Waals surface area (Å²) in [5, 5.41) is 8.37. The molecule has 2 aliphatic rings. The van der Waals surface area contributed by atoms with Gasteiger partial charge in [-0.1, -0.05) is 48.0 Å². The van der Waals surface area contributed by atoms with E-state index in [-0.39, 0.29) is 11.4 Å². The van der Waals surface area contributed by atoms with Crippen LogP contribution in [0.15, 0.2) is 59.6 Å². The number of rotatable bonds is 4. The van der Waals surface area contributed by atoms with E-state index < -0.39 is 0 Å². The van der Waals surface area contributed by atoms with Crippen molar-refractivity contribution in [2.75, 3.05) is 23.8 Å². The van der Waals surface area contributed by atoms with Crippen LogP contribution in [0.25, 0.3) is 0 Å². The molecule has 0 aliphatic carbocycles. The van der Waals surface area contributed by atoms with Crippen LogP contribution in [-0.4, -0.2) is 45.7 Å². The minimum absolute atomic E-state index is 0.100. The Bertz CT molecular complexity index is 1180. The number of carbonyl (C=O) groups is 1. The summed E-state index contributed by atoms with van der Waals surface area (Å²) in [5.41, 5.74) is 3.52. The zero-order chi connectivity index (χ0) is 21.8. The Hall–Kier alpha value is -3.61. The number of anilines is 3. The number of aromatic nitrogens is 2. The fourth-order valence-electron chi connectivity index (χ4n) is 4.11. The van der Waals surface area contributed by atoms with Gasteiger partial charge in [-0.15, -0.1) is 0 Å². The van der Waals surface area contributed by atoms with Gasteiger partial charge >= 0.3 is 0 Å². The summed E-state index contributed by atoms with van der Waals surface area (Å²) in [4.78, 5) is 21.9. The number of aliphatic imine (C=N–C) groups is 1. The van der Waals surface area contributed by atoms with Gasteiger partial charge in [-0.2, -0.15) is 5.10 Å². The number of aryl methyl sites for hydroxylation is 1. The van der Waals surface area contributed by atoms with Crippen molar-refractivity contribution in [3.63, 3.8) is 0 Å². The Kier molecular flexibility index (Phi) is 4.36. The van der Waals surface area contributed by atoms with Crippen LogP contribution in [0, 0.1) is 6.92 Å². The highest BCUT2D eigenvalue weighted by atomic mass is 16.2. The number of guanidine groups is 1. The minimum Gasteiger partial charge on any atom is -0.340 e. The lowest BCUT2D eigenvalue weighted by molar-refractivity contribution is 0.0866. The highest BCUT2D eigenvalue weighted by Crippen LogP contribution is 2.38. The lowest BCUT2D eigenvalue weighted by Gasteiger charge is -2.30. The van der Waals surface area contributed by atoms with Crippen molar-refractivity contribution in [3.05, 3.63) is 71.3 Å².